The summed E-state index contributed by atoms with van der Waals surface area (Å²) in [6.45, 7) is 8.12. The Bertz CT molecular complexity index is 549. The summed E-state index contributed by atoms with van der Waals surface area (Å²) in [6, 6.07) is 8.13. The van der Waals surface area contributed by atoms with Crippen molar-refractivity contribution in [3.8, 4) is 0 Å². The number of likely N-dealkylation sites (N-methyl/N-ethyl adjacent to an activating group) is 1. The second-order valence-electron chi connectivity index (χ2n) is 7.52. The molecule has 1 aliphatic heterocycles. The van der Waals surface area contributed by atoms with Gasteiger partial charge in [-0.2, -0.15) is 0 Å². The third-order valence-electron chi connectivity index (χ3n) is 4.46. The van der Waals surface area contributed by atoms with E-state index in [0.717, 1.165) is 37.5 Å². The number of likely N-dealkylation sites (tertiary alicyclic amines) is 1. The number of hydrogen-bond donors (Lipinski definition) is 1. The first-order chi connectivity index (χ1) is 11.3. The number of nitrogens with zero attached hydrogens (tertiary/aromatic N) is 1. The van der Waals surface area contributed by atoms with Gasteiger partial charge in [-0.3, -0.25) is 0 Å². The van der Waals surface area contributed by atoms with E-state index in [4.69, 9.17) is 16.3 Å². The highest BCUT2D eigenvalue weighted by Gasteiger charge is 2.31. The van der Waals surface area contributed by atoms with Gasteiger partial charge >= 0.3 is 6.09 Å². The molecule has 1 aliphatic rings. The molecular formula is C19H29ClN2O2. The number of carbonyl (C=O) groups excluding carboxylic acids is 1. The Morgan fingerprint density at radius 3 is 2.58 bits per heavy atom. The molecule has 4 nitrogen and oxygen atoms in total. The highest BCUT2D eigenvalue weighted by molar-refractivity contribution is 6.30. The van der Waals surface area contributed by atoms with Crippen LogP contribution >= 0.6 is 11.6 Å². The van der Waals surface area contributed by atoms with E-state index in [1.807, 2.05) is 44.9 Å². The normalized spacial score (nSPS) is 17.6. The zero-order valence-electron chi connectivity index (χ0n) is 15.1. The molecule has 1 aromatic carbocycles. The lowest BCUT2D eigenvalue weighted by Gasteiger charge is -2.37. The number of ether oxygens (including phenoxy) is 1. The molecule has 1 N–H and O–H groups in total. The molecule has 1 aromatic rings. The van der Waals surface area contributed by atoms with Gasteiger partial charge in [0, 0.05) is 24.7 Å². The van der Waals surface area contributed by atoms with Gasteiger partial charge in [0.15, 0.2) is 0 Å². The molecule has 134 valence electrons. The molecule has 1 atom stereocenters. The molecule has 5 heteroatoms. The van der Waals surface area contributed by atoms with Crippen LogP contribution in [0.15, 0.2) is 24.3 Å². The van der Waals surface area contributed by atoms with Crippen molar-refractivity contribution in [2.75, 3.05) is 26.7 Å². The van der Waals surface area contributed by atoms with Crippen LogP contribution in [0.25, 0.3) is 0 Å². The molecular weight excluding hydrogens is 324 g/mol. The van der Waals surface area contributed by atoms with E-state index in [1.165, 1.54) is 5.56 Å². The Morgan fingerprint density at radius 1 is 1.38 bits per heavy atom. The maximum Gasteiger partial charge on any atom is 0.410 e. The standard InChI is InChI=1S/C19H29ClN2O2/c1-19(2,3)24-18(23)22-10-8-14(9-11-22)17(13-21-4)15-6-5-7-16(20)12-15/h5-7,12,14,17,21H,8-11,13H2,1-4H3. The maximum atomic E-state index is 12.2. The monoisotopic (exact) mass is 352 g/mol. The fourth-order valence-corrected chi connectivity index (χ4v) is 3.52. The number of piperidine rings is 1. The van der Waals surface area contributed by atoms with E-state index in [2.05, 4.69) is 17.4 Å². The smallest absolute Gasteiger partial charge is 0.410 e. The van der Waals surface area contributed by atoms with Gasteiger partial charge in [0.2, 0.25) is 0 Å². The van der Waals surface area contributed by atoms with Crippen molar-refractivity contribution in [1.29, 1.82) is 0 Å². The Labute approximate surface area is 150 Å². The van der Waals surface area contributed by atoms with Crippen LogP contribution in [-0.4, -0.2) is 43.3 Å². The minimum absolute atomic E-state index is 0.200. The predicted molar refractivity (Wildman–Crippen MR) is 98.7 cm³/mol. The largest absolute Gasteiger partial charge is 0.444 e. The summed E-state index contributed by atoms with van der Waals surface area (Å²) in [4.78, 5) is 14.0. The number of amides is 1. The molecule has 1 unspecified atom stereocenters. The summed E-state index contributed by atoms with van der Waals surface area (Å²) in [7, 11) is 1.98. The fraction of sp³-hybridized carbons (Fsp3) is 0.632. The van der Waals surface area contributed by atoms with Crippen LogP contribution < -0.4 is 5.32 Å². The lowest BCUT2D eigenvalue weighted by atomic mass is 9.80. The molecule has 0 spiro atoms. The lowest BCUT2D eigenvalue weighted by molar-refractivity contribution is 0.0174. The van der Waals surface area contributed by atoms with Crippen molar-refractivity contribution in [2.24, 2.45) is 5.92 Å². The van der Waals surface area contributed by atoms with Crippen LogP contribution in [-0.2, 0) is 4.74 Å². The molecule has 0 aromatic heterocycles. The van der Waals surface area contributed by atoms with Gasteiger partial charge in [-0.05, 0) is 70.2 Å². The molecule has 0 bridgehead atoms. The molecule has 1 saturated heterocycles. The maximum absolute atomic E-state index is 12.2. The molecule has 1 fully saturated rings. The quantitative estimate of drug-likeness (QED) is 0.878. The van der Waals surface area contributed by atoms with Crippen LogP contribution in [0, 0.1) is 5.92 Å². The summed E-state index contributed by atoms with van der Waals surface area (Å²) < 4.78 is 5.48. The van der Waals surface area contributed by atoms with Crippen LogP contribution in [0.2, 0.25) is 5.02 Å². The average Bonchev–Trinajstić information content (AvgIpc) is 2.51. The zero-order chi connectivity index (χ0) is 17.7. The number of benzene rings is 1. The molecule has 0 saturated carbocycles. The van der Waals surface area contributed by atoms with Crippen molar-refractivity contribution in [1.82, 2.24) is 10.2 Å². The minimum atomic E-state index is -0.441. The van der Waals surface area contributed by atoms with Crippen molar-refractivity contribution < 1.29 is 9.53 Å². The summed E-state index contributed by atoms with van der Waals surface area (Å²) in [5.41, 5.74) is 0.830. The van der Waals surface area contributed by atoms with Crippen LogP contribution in [0.5, 0.6) is 0 Å². The zero-order valence-corrected chi connectivity index (χ0v) is 15.9. The topological polar surface area (TPSA) is 41.6 Å². The van der Waals surface area contributed by atoms with E-state index in [1.54, 1.807) is 0 Å². The lowest BCUT2D eigenvalue weighted by Crippen LogP contribution is -2.43. The molecule has 1 heterocycles. The SMILES string of the molecule is CNCC(c1cccc(Cl)c1)C1CCN(C(=O)OC(C)(C)C)CC1. The van der Waals surface area contributed by atoms with Crippen LogP contribution in [0.3, 0.4) is 0 Å². The van der Waals surface area contributed by atoms with Gasteiger partial charge in [0.1, 0.15) is 5.60 Å². The number of carbonyl (C=O) groups is 1. The van der Waals surface area contributed by atoms with Gasteiger partial charge < -0.3 is 15.0 Å². The number of hydrogen-bond acceptors (Lipinski definition) is 3. The van der Waals surface area contributed by atoms with Gasteiger partial charge in [-0.15, -0.1) is 0 Å². The molecule has 0 aliphatic carbocycles. The summed E-state index contributed by atoms with van der Waals surface area (Å²) >= 11 is 6.16. The van der Waals surface area contributed by atoms with Crippen molar-refractivity contribution in [2.45, 2.75) is 45.1 Å². The van der Waals surface area contributed by atoms with E-state index < -0.39 is 5.60 Å². The van der Waals surface area contributed by atoms with Crippen LogP contribution in [0.4, 0.5) is 4.79 Å². The first-order valence-corrected chi connectivity index (χ1v) is 9.06. The molecule has 1 amide bonds. The summed E-state index contributed by atoms with van der Waals surface area (Å²) in [5, 5.41) is 4.08. The second kappa shape index (κ2) is 8.21. The van der Waals surface area contributed by atoms with E-state index in [-0.39, 0.29) is 6.09 Å². The molecule has 2 rings (SSSR count). The Kier molecular flexibility index (Phi) is 6.53. The third kappa shape index (κ3) is 5.38. The van der Waals surface area contributed by atoms with Gasteiger partial charge in [-0.1, -0.05) is 23.7 Å². The number of halogens is 1. The Morgan fingerprint density at radius 2 is 2.04 bits per heavy atom. The highest BCUT2D eigenvalue weighted by atomic mass is 35.5. The van der Waals surface area contributed by atoms with Crippen molar-refractivity contribution in [3.05, 3.63) is 34.9 Å². The first-order valence-electron chi connectivity index (χ1n) is 8.68. The van der Waals surface area contributed by atoms with Crippen molar-refractivity contribution in [3.63, 3.8) is 0 Å². The van der Waals surface area contributed by atoms with E-state index >= 15 is 0 Å². The van der Waals surface area contributed by atoms with E-state index in [0.29, 0.717) is 11.8 Å². The fourth-order valence-electron chi connectivity index (χ4n) is 3.32. The third-order valence-corrected chi connectivity index (χ3v) is 4.70. The summed E-state index contributed by atoms with van der Waals surface area (Å²) in [6.07, 6.45) is 1.77. The second-order valence-corrected chi connectivity index (χ2v) is 7.96. The minimum Gasteiger partial charge on any atom is -0.444 e. The summed E-state index contributed by atoms with van der Waals surface area (Å²) in [5.74, 6) is 0.948. The molecule has 24 heavy (non-hydrogen) atoms. The van der Waals surface area contributed by atoms with Crippen molar-refractivity contribution >= 4 is 17.7 Å². The highest BCUT2D eigenvalue weighted by Crippen LogP contribution is 2.33. The molecule has 0 radical (unpaired) electrons. The number of nitrogens with one attached hydrogen (secondary N) is 1. The predicted octanol–water partition coefficient (Wildman–Crippen LogP) is 4.29. The Balaban J connectivity index is 1.99. The van der Waals surface area contributed by atoms with Gasteiger partial charge in [-0.25, -0.2) is 4.79 Å². The number of rotatable bonds is 4. The van der Waals surface area contributed by atoms with Crippen LogP contribution in [0.1, 0.15) is 45.1 Å². The van der Waals surface area contributed by atoms with Gasteiger partial charge in [0.05, 0.1) is 0 Å². The van der Waals surface area contributed by atoms with Gasteiger partial charge in [0.25, 0.3) is 0 Å². The van der Waals surface area contributed by atoms with E-state index in [9.17, 15) is 4.79 Å². The first kappa shape index (κ1) is 19.1. The average molecular weight is 353 g/mol. The Hall–Kier alpha value is -1.26.